The third-order valence-electron chi connectivity index (χ3n) is 5.98. The molecule has 2 saturated heterocycles. The number of carbonyl (C=O) groups excluding carboxylic acids is 1. The molecule has 2 aliphatic rings. The molecule has 1 atom stereocenters. The van der Waals surface area contributed by atoms with Gasteiger partial charge in [-0.1, -0.05) is 0 Å². The Bertz CT molecular complexity index is 991. The molecule has 2 aliphatic heterocycles. The maximum absolute atomic E-state index is 14.7. The number of piperidine rings is 1. The largest absolute Gasteiger partial charge is 0.362 e. The number of piperazine rings is 1. The van der Waals surface area contributed by atoms with Crippen LogP contribution in [0.3, 0.4) is 0 Å². The second-order valence-corrected chi connectivity index (χ2v) is 8.60. The Hall–Kier alpha value is -2.72. The molecule has 0 bridgehead atoms. The first-order chi connectivity index (χ1) is 15.3. The predicted octanol–water partition coefficient (Wildman–Crippen LogP) is 1.26. The average Bonchev–Trinajstić information content (AvgIpc) is 2.74. The first-order valence-electron chi connectivity index (χ1n) is 10.8. The van der Waals surface area contributed by atoms with Gasteiger partial charge in [0.15, 0.2) is 0 Å². The van der Waals surface area contributed by atoms with Crippen molar-refractivity contribution in [2.24, 2.45) is 4.99 Å². The number of aromatic nitrogens is 2. The van der Waals surface area contributed by atoms with Crippen molar-refractivity contribution < 1.29 is 13.6 Å². The number of benzene rings is 1. The molecular weight excluding hydrogens is 416 g/mol. The number of nitrogens with one attached hydrogen (secondary N) is 1. The van der Waals surface area contributed by atoms with Crippen molar-refractivity contribution in [1.82, 2.24) is 25.1 Å². The van der Waals surface area contributed by atoms with Crippen molar-refractivity contribution in [2.45, 2.75) is 18.4 Å². The number of nitrogens with zero attached hydrogens (tertiary/aromatic N) is 6. The molecule has 0 saturated carbocycles. The number of aliphatic imine (C=N–C) groups is 1. The topological polar surface area (TPSA) is 77.0 Å². The van der Waals surface area contributed by atoms with Gasteiger partial charge >= 0.3 is 0 Å². The van der Waals surface area contributed by atoms with Crippen molar-refractivity contribution in [1.29, 1.82) is 0 Å². The lowest BCUT2D eigenvalue weighted by atomic mass is 10.0. The number of hydrogen-bond donors (Lipinski definition) is 1. The van der Waals surface area contributed by atoms with Crippen LogP contribution in [0.25, 0.3) is 11.0 Å². The fourth-order valence-corrected chi connectivity index (χ4v) is 4.42. The summed E-state index contributed by atoms with van der Waals surface area (Å²) in [5, 5.41) is 2.84. The van der Waals surface area contributed by atoms with Gasteiger partial charge in [-0.05, 0) is 19.2 Å². The Balaban J connectivity index is 1.51. The number of anilines is 1. The van der Waals surface area contributed by atoms with E-state index in [-0.39, 0.29) is 25.4 Å². The van der Waals surface area contributed by atoms with Crippen LogP contribution < -0.4 is 10.2 Å². The highest BCUT2D eigenvalue weighted by Gasteiger charge is 2.41. The average molecular weight is 446 g/mol. The Labute approximate surface area is 186 Å². The number of fused-ring (bicyclic) bond motifs is 1. The van der Waals surface area contributed by atoms with Crippen LogP contribution in [0.4, 0.5) is 14.5 Å². The molecule has 172 valence electrons. The van der Waals surface area contributed by atoms with Gasteiger partial charge in [0, 0.05) is 70.4 Å². The minimum atomic E-state index is -2.93. The van der Waals surface area contributed by atoms with Gasteiger partial charge in [-0.3, -0.25) is 24.7 Å². The molecular formula is C22H29F2N7O. The molecule has 2 aromatic rings. The van der Waals surface area contributed by atoms with Crippen LogP contribution in [-0.2, 0) is 4.79 Å². The van der Waals surface area contributed by atoms with Crippen LogP contribution in [-0.4, -0.2) is 104 Å². The first-order valence-corrected chi connectivity index (χ1v) is 10.8. The highest BCUT2D eigenvalue weighted by Crippen LogP contribution is 2.33. The standard InChI is InChI=1S/C22H29F2N7O/c1-25-12-16-3-4-18(21-20(16)26-5-6-27-21)31-13-17(11-22(23,24)15-31)28-19(32)14-30-9-7-29(2)8-10-30/h3-6,12,17H,7-11,13-15H2,1-2H3,(H,28,32)/t17-/m1/s1. The summed E-state index contributed by atoms with van der Waals surface area (Å²) in [6.07, 6.45) is 4.43. The minimum absolute atomic E-state index is 0.212. The fraction of sp³-hybridized carbons (Fsp3) is 0.545. The normalized spacial score (nSPS) is 22.5. The van der Waals surface area contributed by atoms with Gasteiger partial charge < -0.3 is 15.1 Å². The maximum Gasteiger partial charge on any atom is 0.267 e. The van der Waals surface area contributed by atoms with E-state index < -0.39 is 18.5 Å². The summed E-state index contributed by atoms with van der Waals surface area (Å²) in [4.78, 5) is 31.3. The third-order valence-corrected chi connectivity index (χ3v) is 5.98. The lowest BCUT2D eigenvalue weighted by Gasteiger charge is -2.39. The van der Waals surface area contributed by atoms with Gasteiger partial charge in [-0.25, -0.2) is 8.78 Å². The molecule has 1 N–H and O–H groups in total. The molecule has 0 spiro atoms. The summed E-state index contributed by atoms with van der Waals surface area (Å²) in [5.74, 6) is -3.14. The van der Waals surface area contributed by atoms with Crippen molar-refractivity contribution in [2.75, 3.05) is 64.8 Å². The van der Waals surface area contributed by atoms with E-state index in [1.54, 1.807) is 36.6 Å². The summed E-state index contributed by atoms with van der Waals surface area (Å²) >= 11 is 0. The van der Waals surface area contributed by atoms with Crippen LogP contribution in [0.1, 0.15) is 12.0 Å². The predicted molar refractivity (Wildman–Crippen MR) is 121 cm³/mol. The number of hydrogen-bond acceptors (Lipinski definition) is 7. The minimum Gasteiger partial charge on any atom is -0.362 e. The van der Waals surface area contributed by atoms with Crippen molar-refractivity contribution >= 4 is 28.8 Å². The molecule has 0 radical (unpaired) electrons. The van der Waals surface area contributed by atoms with E-state index in [0.29, 0.717) is 16.7 Å². The molecule has 2 fully saturated rings. The van der Waals surface area contributed by atoms with E-state index in [0.717, 1.165) is 31.7 Å². The third kappa shape index (κ3) is 5.18. The summed E-state index contributed by atoms with van der Waals surface area (Å²) in [5.41, 5.74) is 2.52. The lowest BCUT2D eigenvalue weighted by molar-refractivity contribution is -0.124. The molecule has 0 unspecified atom stereocenters. The van der Waals surface area contributed by atoms with Crippen molar-refractivity contribution in [3.05, 3.63) is 30.1 Å². The van der Waals surface area contributed by atoms with E-state index in [4.69, 9.17) is 0 Å². The molecule has 8 nitrogen and oxygen atoms in total. The number of halogens is 2. The van der Waals surface area contributed by atoms with Gasteiger partial charge in [0.25, 0.3) is 5.92 Å². The second kappa shape index (κ2) is 9.41. The van der Waals surface area contributed by atoms with Crippen LogP contribution >= 0.6 is 0 Å². The SMILES string of the molecule is CN=Cc1ccc(N2C[C@H](NC(=O)CN3CCN(C)CC3)CC(F)(F)C2)c2nccnc12. The van der Waals surface area contributed by atoms with Gasteiger partial charge in [-0.15, -0.1) is 0 Å². The monoisotopic (exact) mass is 445 g/mol. The van der Waals surface area contributed by atoms with Crippen LogP contribution in [0.5, 0.6) is 0 Å². The van der Waals surface area contributed by atoms with Crippen molar-refractivity contribution in [3.63, 3.8) is 0 Å². The zero-order chi connectivity index (χ0) is 22.7. The van der Waals surface area contributed by atoms with Gasteiger partial charge in [0.1, 0.15) is 5.52 Å². The van der Waals surface area contributed by atoms with E-state index >= 15 is 0 Å². The van der Waals surface area contributed by atoms with Gasteiger partial charge in [0.2, 0.25) is 5.91 Å². The number of rotatable bonds is 5. The highest BCUT2D eigenvalue weighted by atomic mass is 19.3. The summed E-state index contributed by atoms with van der Waals surface area (Å²) < 4.78 is 29.4. The molecule has 1 amide bonds. The smallest absolute Gasteiger partial charge is 0.267 e. The molecule has 32 heavy (non-hydrogen) atoms. The highest BCUT2D eigenvalue weighted by molar-refractivity contribution is 6.01. The summed E-state index contributed by atoms with van der Waals surface area (Å²) in [6.45, 7) is 3.49. The Kier molecular flexibility index (Phi) is 6.61. The lowest BCUT2D eigenvalue weighted by Crippen LogP contribution is -2.57. The first kappa shape index (κ1) is 22.5. The van der Waals surface area contributed by atoms with E-state index in [1.165, 1.54) is 0 Å². The second-order valence-electron chi connectivity index (χ2n) is 8.60. The molecule has 1 aromatic carbocycles. The van der Waals surface area contributed by atoms with Gasteiger partial charge in [-0.2, -0.15) is 0 Å². The number of amides is 1. The zero-order valence-corrected chi connectivity index (χ0v) is 18.5. The van der Waals surface area contributed by atoms with E-state index in [2.05, 4.69) is 30.1 Å². The fourth-order valence-electron chi connectivity index (χ4n) is 4.42. The quantitative estimate of drug-likeness (QED) is 0.699. The van der Waals surface area contributed by atoms with E-state index in [1.807, 2.05) is 13.1 Å². The number of alkyl halides is 2. The molecule has 3 heterocycles. The summed E-state index contributed by atoms with van der Waals surface area (Å²) in [7, 11) is 3.71. The maximum atomic E-state index is 14.7. The number of likely N-dealkylation sites (N-methyl/N-ethyl adjacent to an activating group) is 1. The molecule has 4 rings (SSSR count). The Morgan fingerprint density at radius 2 is 1.94 bits per heavy atom. The molecule has 0 aliphatic carbocycles. The van der Waals surface area contributed by atoms with Crippen LogP contribution in [0.2, 0.25) is 0 Å². The van der Waals surface area contributed by atoms with Gasteiger partial charge in [0.05, 0.1) is 30.3 Å². The Morgan fingerprint density at radius 3 is 2.66 bits per heavy atom. The zero-order valence-electron chi connectivity index (χ0n) is 18.5. The van der Waals surface area contributed by atoms with Crippen LogP contribution in [0.15, 0.2) is 29.5 Å². The number of carbonyl (C=O) groups is 1. The molecule has 1 aromatic heterocycles. The van der Waals surface area contributed by atoms with Crippen molar-refractivity contribution in [3.8, 4) is 0 Å². The van der Waals surface area contributed by atoms with Crippen LogP contribution in [0, 0.1) is 0 Å². The Morgan fingerprint density at radius 1 is 1.22 bits per heavy atom. The molecule has 10 heteroatoms. The summed E-state index contributed by atoms with van der Waals surface area (Å²) in [6, 6.07) is 2.94. The van der Waals surface area contributed by atoms with E-state index in [9.17, 15) is 13.6 Å².